The van der Waals surface area contributed by atoms with Gasteiger partial charge in [-0.1, -0.05) is 37.3 Å². The Morgan fingerprint density at radius 3 is 2.55 bits per heavy atom. The van der Waals surface area contributed by atoms with E-state index in [4.69, 9.17) is 4.98 Å². The molecule has 0 unspecified atom stereocenters. The molecular formula is C19H24N2O. The Hall–Kier alpha value is -2.16. The smallest absolute Gasteiger partial charge is 0.255 e. The van der Waals surface area contributed by atoms with Crippen LogP contribution in [0.15, 0.2) is 36.4 Å². The summed E-state index contributed by atoms with van der Waals surface area (Å²) in [6, 6.07) is 7.88. The van der Waals surface area contributed by atoms with Gasteiger partial charge >= 0.3 is 0 Å². The van der Waals surface area contributed by atoms with Crippen LogP contribution in [0, 0.1) is 6.92 Å². The Bertz CT molecular complexity index is 719. The van der Waals surface area contributed by atoms with Crippen molar-refractivity contribution in [3.8, 4) is 0 Å². The Morgan fingerprint density at radius 2 is 1.95 bits per heavy atom. The fourth-order valence-corrected chi connectivity index (χ4v) is 2.79. The van der Waals surface area contributed by atoms with Crippen LogP contribution in [-0.4, -0.2) is 28.9 Å². The minimum atomic E-state index is 0.0660. The molecule has 0 aliphatic carbocycles. The van der Waals surface area contributed by atoms with Crippen molar-refractivity contribution in [3.05, 3.63) is 53.2 Å². The molecule has 0 saturated carbocycles. The largest absolute Gasteiger partial charge is 0.335 e. The Kier molecular flexibility index (Phi) is 4.96. The highest BCUT2D eigenvalue weighted by molar-refractivity contribution is 6.07. The van der Waals surface area contributed by atoms with E-state index in [9.17, 15) is 4.79 Å². The van der Waals surface area contributed by atoms with Crippen LogP contribution < -0.4 is 0 Å². The van der Waals surface area contributed by atoms with Gasteiger partial charge in [0.05, 0.1) is 11.1 Å². The number of nitrogens with zero attached hydrogens (tertiary/aromatic N) is 2. The number of para-hydroxylation sites is 1. The number of fused-ring (bicyclic) bond motifs is 1. The zero-order valence-electron chi connectivity index (χ0n) is 13.9. The van der Waals surface area contributed by atoms with Crippen LogP contribution in [0.3, 0.4) is 0 Å². The van der Waals surface area contributed by atoms with E-state index in [1.807, 2.05) is 49.9 Å². The molecule has 0 bridgehead atoms. The molecule has 2 aromatic rings. The zero-order chi connectivity index (χ0) is 16.3. The second-order valence-corrected chi connectivity index (χ2v) is 5.71. The van der Waals surface area contributed by atoms with Crippen molar-refractivity contribution in [1.29, 1.82) is 0 Å². The predicted octanol–water partition coefficient (Wildman–Crippen LogP) is 4.14. The molecule has 3 heteroatoms. The first-order valence-corrected chi connectivity index (χ1v) is 7.81. The molecule has 0 radical (unpaired) electrons. The summed E-state index contributed by atoms with van der Waals surface area (Å²) in [5.41, 5.74) is 4.65. The van der Waals surface area contributed by atoms with Crippen molar-refractivity contribution >= 4 is 16.8 Å². The van der Waals surface area contributed by atoms with Gasteiger partial charge in [-0.05, 0) is 38.8 Å². The van der Waals surface area contributed by atoms with Gasteiger partial charge in [0, 0.05) is 24.2 Å². The SMILES string of the molecule is C=C(C)CN(CC)C(=O)c1c(C)c(CC)nc2ccccc12. The average molecular weight is 296 g/mol. The van der Waals surface area contributed by atoms with E-state index in [0.29, 0.717) is 13.1 Å². The molecule has 0 atom stereocenters. The van der Waals surface area contributed by atoms with Gasteiger partial charge < -0.3 is 4.90 Å². The van der Waals surface area contributed by atoms with Crippen molar-refractivity contribution in [2.75, 3.05) is 13.1 Å². The highest BCUT2D eigenvalue weighted by atomic mass is 16.2. The number of benzene rings is 1. The lowest BCUT2D eigenvalue weighted by Crippen LogP contribution is -2.33. The van der Waals surface area contributed by atoms with Crippen LogP contribution in [0.25, 0.3) is 10.9 Å². The van der Waals surface area contributed by atoms with Gasteiger partial charge in [-0.3, -0.25) is 9.78 Å². The summed E-state index contributed by atoms with van der Waals surface area (Å²) in [6.07, 6.45) is 0.823. The van der Waals surface area contributed by atoms with Gasteiger partial charge in [0.1, 0.15) is 0 Å². The number of hydrogen-bond donors (Lipinski definition) is 0. The first-order chi connectivity index (χ1) is 10.5. The lowest BCUT2D eigenvalue weighted by Gasteiger charge is -2.23. The van der Waals surface area contributed by atoms with E-state index in [-0.39, 0.29) is 5.91 Å². The first kappa shape index (κ1) is 16.2. The fraction of sp³-hybridized carbons (Fsp3) is 0.368. The number of aryl methyl sites for hydroxylation is 1. The monoisotopic (exact) mass is 296 g/mol. The molecule has 116 valence electrons. The highest BCUT2D eigenvalue weighted by Crippen LogP contribution is 2.25. The third-order valence-electron chi connectivity index (χ3n) is 3.92. The van der Waals surface area contributed by atoms with E-state index >= 15 is 0 Å². The van der Waals surface area contributed by atoms with E-state index in [1.165, 1.54) is 0 Å². The minimum absolute atomic E-state index is 0.0660. The number of pyridine rings is 1. The number of aromatic nitrogens is 1. The van der Waals surface area contributed by atoms with Gasteiger partial charge in [-0.25, -0.2) is 0 Å². The molecule has 22 heavy (non-hydrogen) atoms. The maximum absolute atomic E-state index is 13.1. The van der Waals surface area contributed by atoms with Crippen molar-refractivity contribution in [1.82, 2.24) is 9.88 Å². The van der Waals surface area contributed by atoms with E-state index in [2.05, 4.69) is 13.5 Å². The molecule has 0 aliphatic heterocycles. The molecule has 0 saturated heterocycles. The van der Waals surface area contributed by atoms with Crippen LogP contribution >= 0.6 is 0 Å². The Morgan fingerprint density at radius 1 is 1.27 bits per heavy atom. The summed E-state index contributed by atoms with van der Waals surface area (Å²) in [4.78, 5) is 19.6. The molecule has 0 fully saturated rings. The molecule has 1 aromatic carbocycles. The van der Waals surface area contributed by atoms with Gasteiger partial charge in [-0.15, -0.1) is 0 Å². The second-order valence-electron chi connectivity index (χ2n) is 5.71. The number of hydrogen-bond acceptors (Lipinski definition) is 2. The summed E-state index contributed by atoms with van der Waals surface area (Å²) in [6.45, 7) is 13.2. The molecule has 0 aliphatic rings. The number of carbonyl (C=O) groups is 1. The third kappa shape index (κ3) is 3.03. The van der Waals surface area contributed by atoms with Crippen molar-refractivity contribution < 1.29 is 4.79 Å². The number of likely N-dealkylation sites (N-methyl/N-ethyl adjacent to an activating group) is 1. The maximum atomic E-state index is 13.1. The quantitative estimate of drug-likeness (QED) is 0.777. The number of amides is 1. The van der Waals surface area contributed by atoms with Crippen LogP contribution in [0.1, 0.15) is 42.4 Å². The average Bonchev–Trinajstić information content (AvgIpc) is 2.51. The van der Waals surface area contributed by atoms with E-state index in [0.717, 1.165) is 39.7 Å². The molecule has 2 rings (SSSR count). The summed E-state index contributed by atoms with van der Waals surface area (Å²) < 4.78 is 0. The van der Waals surface area contributed by atoms with E-state index < -0.39 is 0 Å². The molecule has 3 nitrogen and oxygen atoms in total. The minimum Gasteiger partial charge on any atom is -0.335 e. The lowest BCUT2D eigenvalue weighted by molar-refractivity contribution is 0.0779. The molecule has 0 N–H and O–H groups in total. The summed E-state index contributed by atoms with van der Waals surface area (Å²) in [7, 11) is 0. The van der Waals surface area contributed by atoms with Crippen LogP contribution in [0.2, 0.25) is 0 Å². The highest BCUT2D eigenvalue weighted by Gasteiger charge is 2.21. The number of rotatable bonds is 5. The topological polar surface area (TPSA) is 33.2 Å². The Balaban J connectivity index is 2.64. The molecule has 0 spiro atoms. The summed E-state index contributed by atoms with van der Waals surface area (Å²) >= 11 is 0. The standard InChI is InChI=1S/C19H24N2O/c1-6-16-14(5)18(15-10-8-9-11-17(15)20-16)19(22)21(7-2)12-13(3)4/h8-11H,3,6-7,12H2,1-2,4-5H3. The van der Waals surface area contributed by atoms with Crippen molar-refractivity contribution in [2.45, 2.75) is 34.1 Å². The van der Waals surface area contributed by atoms with Gasteiger partial charge in [0.2, 0.25) is 0 Å². The van der Waals surface area contributed by atoms with Crippen LogP contribution in [-0.2, 0) is 6.42 Å². The predicted molar refractivity (Wildman–Crippen MR) is 92.2 cm³/mol. The van der Waals surface area contributed by atoms with E-state index in [1.54, 1.807) is 0 Å². The summed E-state index contributed by atoms with van der Waals surface area (Å²) in [5.74, 6) is 0.0660. The number of carbonyl (C=O) groups excluding carboxylic acids is 1. The normalized spacial score (nSPS) is 10.7. The fourth-order valence-electron chi connectivity index (χ4n) is 2.79. The first-order valence-electron chi connectivity index (χ1n) is 7.81. The maximum Gasteiger partial charge on any atom is 0.255 e. The van der Waals surface area contributed by atoms with Gasteiger partial charge in [-0.2, -0.15) is 0 Å². The molecule has 1 amide bonds. The Labute approximate surface area is 132 Å². The van der Waals surface area contributed by atoms with Gasteiger partial charge in [0.25, 0.3) is 5.91 Å². The summed E-state index contributed by atoms with van der Waals surface area (Å²) in [5, 5.41) is 0.933. The molecule has 1 heterocycles. The van der Waals surface area contributed by atoms with Gasteiger partial charge in [0.15, 0.2) is 0 Å². The zero-order valence-corrected chi connectivity index (χ0v) is 13.9. The second kappa shape index (κ2) is 6.73. The van der Waals surface area contributed by atoms with Crippen LogP contribution in [0.4, 0.5) is 0 Å². The molecule has 1 aromatic heterocycles. The van der Waals surface area contributed by atoms with Crippen molar-refractivity contribution in [3.63, 3.8) is 0 Å². The molecular weight excluding hydrogens is 272 g/mol. The lowest BCUT2D eigenvalue weighted by atomic mass is 9.99. The third-order valence-corrected chi connectivity index (χ3v) is 3.92. The van der Waals surface area contributed by atoms with Crippen molar-refractivity contribution in [2.24, 2.45) is 0 Å². The van der Waals surface area contributed by atoms with Crippen LogP contribution in [0.5, 0.6) is 0 Å².